The zero-order valence-corrected chi connectivity index (χ0v) is 108. The second-order valence-corrected chi connectivity index (χ2v) is 40.0. The molecule has 0 bridgehead atoms. The van der Waals surface area contributed by atoms with Crippen LogP contribution < -0.4 is 0 Å². The lowest BCUT2D eigenvalue weighted by Crippen LogP contribution is -2.08. The topological polar surface area (TPSA) is 187 Å². The summed E-state index contributed by atoms with van der Waals surface area (Å²) in [6.07, 6.45) is 23.1. The Kier molecular flexibility index (Phi) is 81.5. The second kappa shape index (κ2) is 80.8. The van der Waals surface area contributed by atoms with Gasteiger partial charge in [0.15, 0.2) is 0 Å². The van der Waals surface area contributed by atoms with Crippen molar-refractivity contribution in [3.8, 4) is 63.4 Å². The van der Waals surface area contributed by atoms with Crippen LogP contribution in [0.15, 0.2) is 43.1 Å². The Labute approximate surface area is 910 Å². The SMILES string of the molecule is CC.CC.CC.CC.CC.CC.CC.CC.CC.CC.CC.CC.CC.CC.CC.CC.CC.CC(C)c1ccc2c(n1)-c1sc(C(C)C)nc1CC2.CC(C)c1nc2c(s1)-c1c(cnn1C(C)C)C2.CC(C)c1nc2c(s1)-c1c(cnn1C(C)C)CC2.CC(C)c1nc2c(s1)-c1c(cnn1C(C)C)CCC2.CC(C)c1nc2c(s1)-c1nn(C(C)C)cc1CC2.CC(C)c1ncc2c(n1)-c1sc(C(C)C)nc1CC2. The summed E-state index contributed by atoms with van der Waals surface area (Å²) in [5, 5.41) is 25.8. The first-order valence-corrected chi connectivity index (χ1v) is 62.4. The molecule has 23 heteroatoms. The molecule has 0 amide bonds. The van der Waals surface area contributed by atoms with E-state index in [4.69, 9.17) is 45.0 Å². The Morgan fingerprint density at radius 3 is 0.840 bits per heavy atom. The highest BCUT2D eigenvalue weighted by Gasteiger charge is 2.33. The Morgan fingerprint density at radius 2 is 0.507 bits per heavy atom. The molecule has 144 heavy (non-hydrogen) atoms. The number of nitrogens with zero attached hydrogens (tertiary/aromatic N) is 17. The molecular weight excluding hydrogens is 1880 g/mol. The molecular formula is C121H217N17S6. The molecule has 18 rings (SSSR count). The third-order valence-electron chi connectivity index (χ3n) is 20.7. The Bertz CT molecular complexity index is 5030. The van der Waals surface area contributed by atoms with E-state index in [1.165, 1.54) is 167 Å². The number of hydrogen-bond donors (Lipinski definition) is 0. The van der Waals surface area contributed by atoms with Crippen LogP contribution in [0.4, 0.5) is 0 Å². The molecule has 0 radical (unpaired) electrons. The van der Waals surface area contributed by atoms with E-state index >= 15 is 0 Å². The van der Waals surface area contributed by atoms with Gasteiger partial charge in [0, 0.05) is 95.7 Å². The molecule has 0 atom stereocenters. The quantitative estimate of drug-likeness (QED) is 0.113. The van der Waals surface area contributed by atoms with Crippen LogP contribution in [0.5, 0.6) is 0 Å². The van der Waals surface area contributed by atoms with Crippen LogP contribution in [-0.4, -0.2) is 84.0 Å². The Morgan fingerprint density at radius 1 is 0.229 bits per heavy atom. The van der Waals surface area contributed by atoms with Crippen molar-refractivity contribution in [2.75, 3.05) is 0 Å². The highest BCUT2D eigenvalue weighted by atomic mass is 32.1. The van der Waals surface area contributed by atoms with Crippen LogP contribution >= 0.6 is 68.0 Å². The predicted molar refractivity (Wildman–Crippen MR) is 653 cm³/mol. The highest BCUT2D eigenvalue weighted by molar-refractivity contribution is 7.17. The molecule has 12 aromatic rings. The van der Waals surface area contributed by atoms with Crippen molar-refractivity contribution in [1.29, 1.82) is 0 Å². The van der Waals surface area contributed by atoms with Crippen molar-refractivity contribution in [2.45, 2.75) is 550 Å². The number of aryl methyl sites for hydroxylation is 10. The van der Waals surface area contributed by atoms with Crippen molar-refractivity contribution in [1.82, 2.24) is 84.0 Å². The zero-order chi connectivity index (χ0) is 113. The third-order valence-corrected chi connectivity index (χ3v) is 29.1. The van der Waals surface area contributed by atoms with E-state index in [-0.39, 0.29) is 0 Å². The zero-order valence-electron chi connectivity index (χ0n) is 104. The van der Waals surface area contributed by atoms with Crippen LogP contribution in [0.2, 0.25) is 0 Å². The van der Waals surface area contributed by atoms with Gasteiger partial charge in [0.2, 0.25) is 0 Å². The summed E-state index contributed by atoms with van der Waals surface area (Å²) in [7, 11) is 0. The third kappa shape index (κ3) is 40.6. The second-order valence-electron chi connectivity index (χ2n) is 33.8. The van der Waals surface area contributed by atoms with E-state index < -0.39 is 0 Å². The summed E-state index contributed by atoms with van der Waals surface area (Å²) in [6, 6.07) is 6.09. The van der Waals surface area contributed by atoms with Crippen molar-refractivity contribution < 1.29 is 0 Å². The first kappa shape index (κ1) is 145. The fourth-order valence-electron chi connectivity index (χ4n) is 14.4. The van der Waals surface area contributed by atoms with E-state index in [9.17, 15) is 0 Å². The van der Waals surface area contributed by atoms with E-state index in [1.807, 2.05) is 311 Å². The average Bonchev–Trinajstić information content (AvgIpc) is 1.59. The van der Waals surface area contributed by atoms with E-state index in [2.05, 4.69) is 230 Å². The van der Waals surface area contributed by atoms with E-state index in [0.29, 0.717) is 71.5 Å². The minimum atomic E-state index is 0.369. The summed E-state index contributed by atoms with van der Waals surface area (Å²) >= 11 is 11.0. The fourth-order valence-corrected chi connectivity index (χ4v) is 21.3. The van der Waals surface area contributed by atoms with Gasteiger partial charge in [0.05, 0.1) is 141 Å². The van der Waals surface area contributed by atoms with Gasteiger partial charge < -0.3 is 0 Å². The van der Waals surface area contributed by atoms with Gasteiger partial charge in [-0.05, 0) is 166 Å². The van der Waals surface area contributed by atoms with Gasteiger partial charge in [-0.25, -0.2) is 39.9 Å². The molecule has 0 unspecified atom stereocenters. The van der Waals surface area contributed by atoms with Gasteiger partial charge in [0.25, 0.3) is 0 Å². The largest absolute Gasteiger partial charge is 0.269 e. The maximum atomic E-state index is 4.90. The van der Waals surface area contributed by atoms with Gasteiger partial charge in [-0.15, -0.1) is 68.0 Å². The van der Waals surface area contributed by atoms with Crippen molar-refractivity contribution in [3.05, 3.63) is 152 Å². The molecule has 0 aliphatic heterocycles. The predicted octanol–water partition coefficient (Wildman–Crippen LogP) is 41.4. The fraction of sp³-hybridized carbons (Fsp3) is 0.678. The van der Waals surface area contributed by atoms with E-state index in [1.54, 1.807) is 11.3 Å². The minimum Gasteiger partial charge on any atom is -0.269 e. The molecule has 0 fully saturated rings. The number of hydrogen-bond acceptors (Lipinski definition) is 19. The van der Waals surface area contributed by atoms with Crippen LogP contribution in [0.1, 0.15) is 589 Å². The highest BCUT2D eigenvalue weighted by Crippen LogP contribution is 2.47. The lowest BCUT2D eigenvalue weighted by atomic mass is 9.96. The molecule has 17 nitrogen and oxygen atoms in total. The van der Waals surface area contributed by atoms with Crippen molar-refractivity contribution in [2.24, 2.45) is 0 Å². The molecule has 12 heterocycles. The van der Waals surface area contributed by atoms with Gasteiger partial charge in [-0.3, -0.25) is 23.7 Å². The molecule has 0 saturated carbocycles. The summed E-state index contributed by atoms with van der Waals surface area (Å²) in [6.45, 7) is 121. The number of pyridine rings is 1. The maximum Gasteiger partial charge on any atom is 0.131 e. The van der Waals surface area contributed by atoms with Crippen LogP contribution in [0.25, 0.3) is 63.4 Å². The maximum absolute atomic E-state index is 4.90. The summed E-state index contributed by atoms with van der Waals surface area (Å²) in [4.78, 5) is 50.9. The Hall–Kier alpha value is -7.15. The molecule has 0 saturated heterocycles. The number of fused-ring (bicyclic) bond motifs is 18. The molecule has 12 aromatic heterocycles. The summed E-state index contributed by atoms with van der Waals surface area (Å²) < 4.78 is 8.52. The minimum absolute atomic E-state index is 0.369. The van der Waals surface area contributed by atoms with E-state index in [0.717, 1.165) is 82.1 Å². The number of thiazole rings is 6. The van der Waals surface area contributed by atoms with Crippen LogP contribution in [0, 0.1) is 0 Å². The molecule has 6 aliphatic carbocycles. The van der Waals surface area contributed by atoms with Gasteiger partial charge in [0.1, 0.15) is 11.5 Å². The number of aromatic nitrogens is 17. The lowest BCUT2D eigenvalue weighted by Gasteiger charge is -2.16. The summed E-state index contributed by atoms with van der Waals surface area (Å²) in [5.41, 5.74) is 24.3. The molecule has 0 N–H and O–H groups in total. The molecule has 6 aliphatic rings. The molecule has 822 valence electrons. The lowest BCUT2D eigenvalue weighted by molar-refractivity contribution is 0.533. The first-order valence-electron chi connectivity index (χ1n) is 57.5. The molecule has 0 aromatic carbocycles. The van der Waals surface area contributed by atoms with Gasteiger partial charge in [-0.2, -0.15) is 20.4 Å². The monoisotopic (exact) mass is 2100 g/mol. The van der Waals surface area contributed by atoms with Crippen molar-refractivity contribution in [3.63, 3.8) is 0 Å². The van der Waals surface area contributed by atoms with Gasteiger partial charge >= 0.3 is 0 Å². The Balaban J connectivity index is -0.000000505. The van der Waals surface area contributed by atoms with Crippen molar-refractivity contribution >= 4 is 68.0 Å². The average molecular weight is 2100 g/mol. The first-order chi connectivity index (χ1) is 69.4. The van der Waals surface area contributed by atoms with Gasteiger partial charge in [-0.1, -0.05) is 352 Å². The summed E-state index contributed by atoms with van der Waals surface area (Å²) in [5.74, 6) is 4.83. The van der Waals surface area contributed by atoms with Crippen LogP contribution in [-0.2, 0) is 70.6 Å². The smallest absolute Gasteiger partial charge is 0.131 e. The van der Waals surface area contributed by atoms with Crippen LogP contribution in [0.3, 0.4) is 0 Å². The number of rotatable bonds is 12. The molecule has 0 spiro atoms. The normalized spacial score (nSPS) is 11.4. The standard InChI is InChI=1S/C16H20N2S.C15H19N3S.C15H21N3S.2C14H19N3S.C13H17N3S.17C2H6/c1-9(2)12-7-5-11-6-8-13-15(14(11)17-12)19-16(18-13)10(3)4;1-8(2)14-16-7-10-5-6-11-13(12(10)18-14)19-15(17-11)9(3)4;1-9(2)15-17-12-7-5-6-11-8-16-18(10(3)4)13(11)14(12)19-15;1-8(2)14-15-11-6-5-10-7-17(9(3)4)16-12(10)13(11)18-14;1-8(2)14-16-11-6-5-10-7-15-17(9(3)4)12(10)13(11)18-14;1-7(2)13-15-10-5-9-6-14-16(8(3)4)11(9)12(10)17-13;17*1-2/h5,7,9-10H,6,8H2,1-4H3;7-9H,5-6H2,1-4H3;8-10H,5-7H2,1-4H3;2*7-9H,5-6H2,1-4H3;6-8H,5H2,1-4H3;17*1-2H3.